The summed E-state index contributed by atoms with van der Waals surface area (Å²) in [6.07, 6.45) is 1.69. The smallest absolute Gasteiger partial charge is 0.218 e. The van der Waals surface area contributed by atoms with Gasteiger partial charge in [0, 0.05) is 35.4 Å². The highest BCUT2D eigenvalue weighted by Gasteiger charge is 2.12. The van der Waals surface area contributed by atoms with E-state index in [2.05, 4.69) is 20.6 Å². The van der Waals surface area contributed by atoms with E-state index in [1.54, 1.807) is 26.4 Å². The van der Waals surface area contributed by atoms with E-state index in [4.69, 9.17) is 27.9 Å². The van der Waals surface area contributed by atoms with Crippen LogP contribution in [0.5, 0.6) is 5.88 Å². The number of methoxy groups -OCH3 is 1. The van der Waals surface area contributed by atoms with E-state index in [0.717, 1.165) is 11.1 Å². The van der Waals surface area contributed by atoms with Gasteiger partial charge in [-0.25, -0.2) is 4.98 Å². The minimum Gasteiger partial charge on any atom is -0.481 e. The third-order valence-corrected chi connectivity index (χ3v) is 4.06. The predicted octanol–water partition coefficient (Wildman–Crippen LogP) is 4.44. The molecule has 136 valence electrons. The topological polar surface area (TPSA) is 58.5 Å². The first-order chi connectivity index (χ1) is 11.5. The summed E-state index contributed by atoms with van der Waals surface area (Å²) in [5.41, 5.74) is 1.89. The molecule has 0 saturated heterocycles. The number of pyridine rings is 1. The van der Waals surface area contributed by atoms with Gasteiger partial charge < -0.3 is 15.4 Å². The van der Waals surface area contributed by atoms with Crippen molar-refractivity contribution >= 4 is 53.1 Å². The molecule has 0 spiro atoms. The lowest BCUT2D eigenvalue weighted by Gasteiger charge is -2.19. The minimum atomic E-state index is -0.0308. The number of nitrogens with one attached hydrogen (secondary N) is 2. The van der Waals surface area contributed by atoms with Crippen LogP contribution in [0, 0.1) is 0 Å². The average molecular weight is 495 g/mol. The molecule has 1 aromatic heterocycles. The second-order valence-corrected chi connectivity index (χ2v) is 5.97. The summed E-state index contributed by atoms with van der Waals surface area (Å²) in [5.74, 6) is 1.24. The first kappa shape index (κ1) is 21.8. The van der Waals surface area contributed by atoms with Gasteiger partial charge in [0.05, 0.1) is 13.2 Å². The fourth-order valence-electron chi connectivity index (χ4n) is 2.25. The number of hydrogen-bond donors (Lipinski definition) is 2. The third-order valence-electron chi connectivity index (χ3n) is 3.50. The summed E-state index contributed by atoms with van der Waals surface area (Å²) in [6.45, 7) is 2.55. The van der Waals surface area contributed by atoms with E-state index in [9.17, 15) is 0 Å². The van der Waals surface area contributed by atoms with Crippen molar-refractivity contribution in [2.75, 3.05) is 14.2 Å². The Bertz CT molecular complexity index is 728. The van der Waals surface area contributed by atoms with Crippen LogP contribution < -0.4 is 15.4 Å². The van der Waals surface area contributed by atoms with E-state index in [1.165, 1.54) is 0 Å². The standard InChI is InChI=1S/C17H20Cl2N4O.HI/c1-11(14-7-6-13(18)9-15(14)19)23-17(20-2)22-10-12-5-4-8-21-16(12)24-3;/h4-9,11H,10H2,1-3H3,(H2,20,22,23);1H. The number of ether oxygens (including phenoxy) is 1. The number of rotatable bonds is 5. The number of aromatic nitrogens is 1. The molecule has 0 aliphatic rings. The van der Waals surface area contributed by atoms with Crippen molar-refractivity contribution in [1.82, 2.24) is 15.6 Å². The van der Waals surface area contributed by atoms with Crippen molar-refractivity contribution in [2.45, 2.75) is 19.5 Å². The van der Waals surface area contributed by atoms with Crippen molar-refractivity contribution in [2.24, 2.45) is 4.99 Å². The third kappa shape index (κ3) is 6.20. The molecule has 1 heterocycles. The monoisotopic (exact) mass is 494 g/mol. The molecule has 0 aliphatic carbocycles. The summed E-state index contributed by atoms with van der Waals surface area (Å²) in [7, 11) is 3.31. The molecule has 2 rings (SSSR count). The maximum Gasteiger partial charge on any atom is 0.218 e. The van der Waals surface area contributed by atoms with E-state index in [1.807, 2.05) is 31.2 Å². The quantitative estimate of drug-likeness (QED) is 0.366. The number of nitrogens with zero attached hydrogens (tertiary/aromatic N) is 2. The molecule has 0 bridgehead atoms. The fourth-order valence-corrected chi connectivity index (χ4v) is 2.82. The van der Waals surface area contributed by atoms with E-state index in [0.29, 0.717) is 28.4 Å². The van der Waals surface area contributed by atoms with Crippen molar-refractivity contribution in [3.05, 3.63) is 57.7 Å². The molecule has 0 aliphatic heterocycles. The van der Waals surface area contributed by atoms with Gasteiger partial charge in [0.25, 0.3) is 0 Å². The molecule has 8 heteroatoms. The van der Waals surface area contributed by atoms with Gasteiger partial charge >= 0.3 is 0 Å². The SMILES string of the molecule is CN=C(NCc1cccnc1OC)NC(C)c1ccc(Cl)cc1Cl.I. The molecule has 1 aromatic carbocycles. The largest absolute Gasteiger partial charge is 0.481 e. The Kier molecular flexibility index (Phi) is 9.31. The summed E-state index contributed by atoms with van der Waals surface area (Å²) in [5, 5.41) is 7.77. The Balaban J connectivity index is 0.00000312. The zero-order valence-electron chi connectivity index (χ0n) is 14.2. The Morgan fingerprint density at radius 2 is 2.08 bits per heavy atom. The zero-order chi connectivity index (χ0) is 17.5. The molecule has 0 radical (unpaired) electrons. The van der Waals surface area contributed by atoms with Gasteiger partial charge in [-0.15, -0.1) is 24.0 Å². The number of halogens is 3. The molecule has 25 heavy (non-hydrogen) atoms. The molecule has 5 nitrogen and oxygen atoms in total. The summed E-state index contributed by atoms with van der Waals surface area (Å²) < 4.78 is 5.25. The molecule has 2 N–H and O–H groups in total. The first-order valence-electron chi connectivity index (χ1n) is 7.45. The van der Waals surface area contributed by atoms with E-state index < -0.39 is 0 Å². The van der Waals surface area contributed by atoms with E-state index in [-0.39, 0.29) is 30.0 Å². The highest BCUT2D eigenvalue weighted by atomic mass is 127. The van der Waals surface area contributed by atoms with Crippen LogP contribution in [-0.2, 0) is 6.54 Å². The molecular weight excluding hydrogens is 474 g/mol. The van der Waals surface area contributed by atoms with Crippen LogP contribution in [0.3, 0.4) is 0 Å². The lowest BCUT2D eigenvalue weighted by atomic mass is 10.1. The summed E-state index contributed by atoms with van der Waals surface area (Å²) >= 11 is 12.2. The van der Waals surface area contributed by atoms with Crippen LogP contribution in [0.2, 0.25) is 10.0 Å². The van der Waals surface area contributed by atoms with Crippen LogP contribution in [0.25, 0.3) is 0 Å². The van der Waals surface area contributed by atoms with Crippen LogP contribution in [0.15, 0.2) is 41.5 Å². The molecular formula is C17H21Cl2IN4O. The first-order valence-corrected chi connectivity index (χ1v) is 8.20. The van der Waals surface area contributed by atoms with Crippen molar-refractivity contribution in [3.8, 4) is 5.88 Å². The van der Waals surface area contributed by atoms with Crippen LogP contribution in [-0.4, -0.2) is 25.1 Å². The Labute approximate surface area is 175 Å². The highest BCUT2D eigenvalue weighted by Crippen LogP contribution is 2.26. The Hall–Kier alpha value is -1.25. The fraction of sp³-hybridized carbons (Fsp3) is 0.294. The van der Waals surface area contributed by atoms with Crippen LogP contribution in [0.4, 0.5) is 0 Å². The van der Waals surface area contributed by atoms with Crippen LogP contribution in [0.1, 0.15) is 24.1 Å². The Morgan fingerprint density at radius 1 is 1.32 bits per heavy atom. The molecule has 2 aromatic rings. The van der Waals surface area contributed by atoms with Gasteiger partial charge in [0.15, 0.2) is 5.96 Å². The van der Waals surface area contributed by atoms with Crippen molar-refractivity contribution in [3.63, 3.8) is 0 Å². The molecule has 1 unspecified atom stereocenters. The lowest BCUT2D eigenvalue weighted by molar-refractivity contribution is 0.392. The molecule has 1 atom stereocenters. The zero-order valence-corrected chi connectivity index (χ0v) is 18.1. The van der Waals surface area contributed by atoms with Gasteiger partial charge in [-0.1, -0.05) is 35.3 Å². The van der Waals surface area contributed by atoms with Gasteiger partial charge in [0.2, 0.25) is 5.88 Å². The van der Waals surface area contributed by atoms with Crippen molar-refractivity contribution < 1.29 is 4.74 Å². The number of guanidine groups is 1. The van der Waals surface area contributed by atoms with Gasteiger partial charge in [-0.3, -0.25) is 4.99 Å². The number of benzene rings is 1. The predicted molar refractivity (Wildman–Crippen MR) is 114 cm³/mol. The number of aliphatic imine (C=N–C) groups is 1. The molecule has 0 fully saturated rings. The Morgan fingerprint density at radius 3 is 2.72 bits per heavy atom. The van der Waals surface area contributed by atoms with Crippen LogP contribution >= 0.6 is 47.2 Å². The minimum absolute atomic E-state index is 0. The van der Waals surface area contributed by atoms with Gasteiger partial charge in [-0.05, 0) is 30.7 Å². The summed E-state index contributed by atoms with van der Waals surface area (Å²) in [4.78, 5) is 8.41. The van der Waals surface area contributed by atoms with E-state index >= 15 is 0 Å². The lowest BCUT2D eigenvalue weighted by Crippen LogP contribution is -2.38. The normalized spacial score (nSPS) is 12.1. The second-order valence-electron chi connectivity index (χ2n) is 5.13. The molecule has 0 saturated carbocycles. The average Bonchev–Trinajstić information content (AvgIpc) is 2.58. The van der Waals surface area contributed by atoms with Gasteiger partial charge in [-0.2, -0.15) is 0 Å². The molecule has 0 amide bonds. The highest BCUT2D eigenvalue weighted by molar-refractivity contribution is 14.0. The second kappa shape index (κ2) is 10.7. The maximum absolute atomic E-state index is 6.25. The number of hydrogen-bond acceptors (Lipinski definition) is 3. The van der Waals surface area contributed by atoms with Gasteiger partial charge in [0.1, 0.15) is 0 Å². The summed E-state index contributed by atoms with van der Waals surface area (Å²) in [6, 6.07) is 9.24. The van der Waals surface area contributed by atoms with Crippen molar-refractivity contribution in [1.29, 1.82) is 0 Å². The maximum atomic E-state index is 6.25.